The molecule has 2 aromatic heterocycles. The molecule has 10 heteroatoms. The van der Waals surface area contributed by atoms with Gasteiger partial charge in [0.1, 0.15) is 28.9 Å². The lowest BCUT2D eigenvalue weighted by molar-refractivity contribution is -0.122. The summed E-state index contributed by atoms with van der Waals surface area (Å²) in [7, 11) is 3.85. The number of nitrogen functional groups attached to an aromatic ring is 1. The monoisotopic (exact) mass is 499 g/mol. The van der Waals surface area contributed by atoms with Crippen molar-refractivity contribution < 1.29 is 9.53 Å². The average molecular weight is 500 g/mol. The summed E-state index contributed by atoms with van der Waals surface area (Å²) in [5, 5.41) is 3.25. The zero-order valence-electron chi connectivity index (χ0n) is 20.8. The van der Waals surface area contributed by atoms with Gasteiger partial charge in [-0.25, -0.2) is 14.8 Å². The molecule has 1 aliphatic rings. The molecule has 1 aliphatic heterocycles. The lowest BCUT2D eigenvalue weighted by atomic mass is 9.92. The Bertz CT molecular complexity index is 1500. The van der Waals surface area contributed by atoms with Gasteiger partial charge in [0.15, 0.2) is 17.2 Å². The van der Waals surface area contributed by atoms with Crippen molar-refractivity contribution in [1.82, 2.24) is 29.3 Å². The van der Waals surface area contributed by atoms with Gasteiger partial charge in [-0.1, -0.05) is 24.3 Å². The Balaban J connectivity index is 1.62. The maximum absolute atomic E-state index is 14.1. The molecule has 1 atom stereocenters. The molecule has 0 unspecified atom stereocenters. The van der Waals surface area contributed by atoms with Gasteiger partial charge >= 0.3 is 5.69 Å². The normalized spacial score (nSPS) is 17.7. The summed E-state index contributed by atoms with van der Waals surface area (Å²) in [6, 6.07) is 16.5. The van der Waals surface area contributed by atoms with Crippen LogP contribution in [0.1, 0.15) is 6.42 Å². The van der Waals surface area contributed by atoms with Crippen molar-refractivity contribution in [3.8, 4) is 17.2 Å². The van der Waals surface area contributed by atoms with E-state index in [1.807, 2.05) is 49.3 Å². The Hall–Kier alpha value is -4.28. The minimum Gasteiger partial charge on any atom is -0.457 e. The number of nitrogens with zero attached hydrogens (tertiary/aromatic N) is 5. The van der Waals surface area contributed by atoms with E-state index in [1.54, 1.807) is 36.4 Å². The number of nitrogens with two attached hydrogens (primary N) is 1. The number of ether oxygens (including phenoxy) is 1. The molecule has 10 nitrogen and oxygen atoms in total. The van der Waals surface area contributed by atoms with Gasteiger partial charge in [0.2, 0.25) is 0 Å². The number of aromatic nitrogens is 4. The van der Waals surface area contributed by atoms with Crippen molar-refractivity contribution in [2.24, 2.45) is 0 Å². The molecular weight excluding hydrogens is 470 g/mol. The fraction of sp³-hybridized carbons (Fsp3) is 0.259. The van der Waals surface area contributed by atoms with Crippen LogP contribution in [0, 0.1) is 0 Å². The molecule has 0 spiro atoms. The number of fused-ring (bicyclic) bond motifs is 1. The SMILES string of the molecule is CN(C)C/C=C/C(=O)[C@@]1(n2c(=O)n(-c3ccc(Oc4ccccc4)cc3)c3c(N)ncnc32)CCNC1. The molecule has 37 heavy (non-hydrogen) atoms. The van der Waals surface area contributed by atoms with Gasteiger partial charge in [-0.3, -0.25) is 13.9 Å². The number of rotatable bonds is 8. The number of anilines is 1. The first-order valence-corrected chi connectivity index (χ1v) is 12.0. The number of hydrogen-bond acceptors (Lipinski definition) is 8. The van der Waals surface area contributed by atoms with Crippen molar-refractivity contribution in [3.05, 3.63) is 83.6 Å². The average Bonchev–Trinajstić information content (AvgIpc) is 3.49. The van der Waals surface area contributed by atoms with E-state index in [4.69, 9.17) is 10.5 Å². The molecule has 1 saturated heterocycles. The Labute approximate surface area is 214 Å². The van der Waals surface area contributed by atoms with Crippen LogP contribution in [0.25, 0.3) is 16.9 Å². The number of likely N-dealkylation sites (N-methyl/N-ethyl adjacent to an activating group) is 1. The van der Waals surface area contributed by atoms with E-state index in [0.29, 0.717) is 54.4 Å². The van der Waals surface area contributed by atoms with E-state index in [0.717, 1.165) is 0 Å². The first-order valence-electron chi connectivity index (χ1n) is 12.0. The lowest BCUT2D eigenvalue weighted by Gasteiger charge is -2.26. The number of para-hydroxylation sites is 1. The molecule has 4 aromatic rings. The molecule has 3 heterocycles. The van der Waals surface area contributed by atoms with Gasteiger partial charge in [0.05, 0.1) is 5.69 Å². The predicted molar refractivity (Wildman–Crippen MR) is 142 cm³/mol. The van der Waals surface area contributed by atoms with Crippen molar-refractivity contribution >= 4 is 22.8 Å². The van der Waals surface area contributed by atoms with Crippen LogP contribution in [0.4, 0.5) is 5.82 Å². The highest BCUT2D eigenvalue weighted by atomic mass is 16.5. The number of carbonyl (C=O) groups is 1. The second-order valence-electron chi connectivity index (χ2n) is 9.28. The summed E-state index contributed by atoms with van der Waals surface area (Å²) in [6.07, 6.45) is 5.13. The summed E-state index contributed by atoms with van der Waals surface area (Å²) in [5.41, 5.74) is 5.98. The molecule has 2 aromatic carbocycles. The molecule has 0 aliphatic carbocycles. The number of nitrogens with one attached hydrogen (secondary N) is 1. The standard InChI is InChI=1S/C27H29N7O3/c1-32(2)16-6-9-22(35)27(14-15-29-17-27)34-25-23(24(28)30-18-31-25)33(26(34)36)19-10-12-21(13-11-19)37-20-7-4-3-5-8-20/h3-13,18,29H,14-17H2,1-2H3,(H2,28,30,31)/b9-6+/t27-/m1/s1. The highest BCUT2D eigenvalue weighted by Crippen LogP contribution is 2.31. The maximum atomic E-state index is 14.1. The molecule has 0 bridgehead atoms. The van der Waals surface area contributed by atoms with E-state index >= 15 is 0 Å². The van der Waals surface area contributed by atoms with Crippen LogP contribution in [0.5, 0.6) is 11.5 Å². The van der Waals surface area contributed by atoms with E-state index < -0.39 is 11.2 Å². The van der Waals surface area contributed by atoms with Crippen LogP contribution < -0.4 is 21.5 Å². The summed E-state index contributed by atoms with van der Waals surface area (Å²) in [6.45, 7) is 1.52. The van der Waals surface area contributed by atoms with Crippen LogP contribution in [0.3, 0.4) is 0 Å². The summed E-state index contributed by atoms with van der Waals surface area (Å²) < 4.78 is 8.84. The zero-order valence-corrected chi connectivity index (χ0v) is 20.8. The lowest BCUT2D eigenvalue weighted by Crippen LogP contribution is -2.48. The predicted octanol–water partition coefficient (Wildman–Crippen LogP) is 2.33. The van der Waals surface area contributed by atoms with Crippen molar-refractivity contribution in [2.75, 3.05) is 39.5 Å². The van der Waals surface area contributed by atoms with Gasteiger partial charge in [-0.15, -0.1) is 0 Å². The number of hydrogen-bond donors (Lipinski definition) is 2. The molecule has 0 saturated carbocycles. The van der Waals surface area contributed by atoms with Crippen molar-refractivity contribution in [1.29, 1.82) is 0 Å². The van der Waals surface area contributed by atoms with Crippen LogP contribution in [-0.2, 0) is 10.3 Å². The Morgan fingerprint density at radius 1 is 1.14 bits per heavy atom. The van der Waals surface area contributed by atoms with Crippen LogP contribution in [0.15, 0.2) is 77.9 Å². The Morgan fingerprint density at radius 3 is 2.54 bits per heavy atom. The summed E-state index contributed by atoms with van der Waals surface area (Å²) >= 11 is 0. The van der Waals surface area contributed by atoms with Gasteiger partial charge in [-0.05, 0) is 69.5 Å². The Kier molecular flexibility index (Phi) is 6.60. The van der Waals surface area contributed by atoms with Crippen LogP contribution in [-0.4, -0.2) is 63.5 Å². The summed E-state index contributed by atoms with van der Waals surface area (Å²) in [5.74, 6) is 1.32. The topological polar surface area (TPSA) is 120 Å². The molecule has 1 fully saturated rings. The zero-order chi connectivity index (χ0) is 26.0. The highest BCUT2D eigenvalue weighted by molar-refractivity contribution is 5.98. The van der Waals surface area contributed by atoms with Crippen LogP contribution >= 0.6 is 0 Å². The van der Waals surface area contributed by atoms with Gasteiger partial charge in [0, 0.05) is 13.1 Å². The number of allylic oxidation sites excluding steroid dienone is 1. The van der Waals surface area contributed by atoms with E-state index in [-0.39, 0.29) is 11.6 Å². The van der Waals surface area contributed by atoms with Gasteiger partial charge < -0.3 is 20.7 Å². The number of ketones is 1. The van der Waals surface area contributed by atoms with E-state index in [1.165, 1.54) is 15.5 Å². The summed E-state index contributed by atoms with van der Waals surface area (Å²) in [4.78, 5) is 38.2. The number of carbonyl (C=O) groups excluding carboxylic acids is 1. The fourth-order valence-electron chi connectivity index (χ4n) is 4.68. The third-order valence-electron chi connectivity index (χ3n) is 6.48. The highest BCUT2D eigenvalue weighted by Gasteiger charge is 2.45. The van der Waals surface area contributed by atoms with E-state index in [2.05, 4.69) is 15.3 Å². The largest absolute Gasteiger partial charge is 0.457 e. The minimum absolute atomic E-state index is 0.155. The third kappa shape index (κ3) is 4.52. The molecular formula is C27H29N7O3. The second-order valence-corrected chi connectivity index (χ2v) is 9.28. The first-order chi connectivity index (χ1) is 17.9. The quantitative estimate of drug-likeness (QED) is 0.355. The molecule has 5 rings (SSSR count). The van der Waals surface area contributed by atoms with Crippen molar-refractivity contribution in [3.63, 3.8) is 0 Å². The van der Waals surface area contributed by atoms with Crippen molar-refractivity contribution in [2.45, 2.75) is 12.0 Å². The van der Waals surface area contributed by atoms with Gasteiger partial charge in [-0.2, -0.15) is 0 Å². The van der Waals surface area contributed by atoms with E-state index in [9.17, 15) is 9.59 Å². The molecule has 190 valence electrons. The number of benzene rings is 2. The molecule has 0 amide bonds. The molecule has 3 N–H and O–H groups in total. The Morgan fingerprint density at radius 2 is 1.86 bits per heavy atom. The first kappa shape index (κ1) is 24.4. The maximum Gasteiger partial charge on any atom is 0.336 e. The second kappa shape index (κ2) is 10.00. The minimum atomic E-state index is -1.12. The number of imidazole rings is 1. The smallest absolute Gasteiger partial charge is 0.336 e. The third-order valence-corrected chi connectivity index (χ3v) is 6.48. The van der Waals surface area contributed by atoms with Gasteiger partial charge in [0.25, 0.3) is 0 Å². The fourth-order valence-corrected chi connectivity index (χ4v) is 4.68. The van der Waals surface area contributed by atoms with Crippen LogP contribution in [0.2, 0.25) is 0 Å². The molecule has 0 radical (unpaired) electrons.